The smallest absolute Gasteiger partial charge is 0.270 e. The molecule has 0 N–H and O–H groups in total. The number of hydrogen-bond donors (Lipinski definition) is 0. The van der Waals surface area contributed by atoms with E-state index in [9.17, 15) is 14.9 Å². The molecule has 0 aliphatic rings. The molecule has 3 aromatic rings. The maximum atomic E-state index is 12.1. The average Bonchev–Trinajstić information content (AvgIpc) is 2.94. The molecule has 6 nitrogen and oxygen atoms in total. The third-order valence-electron chi connectivity index (χ3n) is 3.77. The number of rotatable bonds is 6. The van der Waals surface area contributed by atoms with Crippen molar-refractivity contribution < 1.29 is 9.72 Å². The van der Waals surface area contributed by atoms with Gasteiger partial charge < -0.3 is 4.57 Å². The molecule has 0 atom stereocenters. The molecule has 0 saturated heterocycles. The number of nitrogens with zero attached hydrogens (tertiary/aromatic N) is 3. The number of aryl methyl sites for hydroxylation is 1. The summed E-state index contributed by atoms with van der Waals surface area (Å²) in [6.45, 7) is 0. The van der Waals surface area contributed by atoms with Crippen LogP contribution < -0.4 is 4.80 Å². The van der Waals surface area contributed by atoms with Gasteiger partial charge in [-0.15, -0.1) is 11.8 Å². The van der Waals surface area contributed by atoms with Crippen LogP contribution in [0, 0.1) is 10.1 Å². The molecule has 0 spiro atoms. The second-order valence-electron chi connectivity index (χ2n) is 5.62. The monoisotopic (exact) mass is 387 g/mol. The van der Waals surface area contributed by atoms with Gasteiger partial charge >= 0.3 is 0 Å². The van der Waals surface area contributed by atoms with Crippen LogP contribution in [0.25, 0.3) is 10.2 Å². The topological polar surface area (TPSA) is 77.5 Å². The maximum Gasteiger partial charge on any atom is 0.270 e. The van der Waals surface area contributed by atoms with Crippen molar-refractivity contribution >= 4 is 44.9 Å². The highest BCUT2D eigenvalue weighted by atomic mass is 32.2. The average molecular weight is 387 g/mol. The van der Waals surface area contributed by atoms with E-state index in [0.29, 0.717) is 11.2 Å². The Balaban J connectivity index is 1.66. The van der Waals surface area contributed by atoms with Crippen LogP contribution in [0.15, 0.2) is 58.4 Å². The highest BCUT2D eigenvalue weighted by Crippen LogP contribution is 2.22. The Morgan fingerprint density at radius 1 is 1.27 bits per heavy atom. The summed E-state index contributed by atoms with van der Waals surface area (Å²) >= 11 is 3.01. The first kappa shape index (κ1) is 18.3. The molecule has 0 unspecified atom stereocenters. The molecule has 0 aliphatic heterocycles. The number of aromatic nitrogens is 1. The minimum Gasteiger partial charge on any atom is -0.319 e. The summed E-state index contributed by atoms with van der Waals surface area (Å²) in [4.78, 5) is 28.5. The van der Waals surface area contributed by atoms with Crippen molar-refractivity contribution in [2.24, 2.45) is 12.0 Å². The first-order chi connectivity index (χ1) is 12.5. The van der Waals surface area contributed by atoms with Crippen LogP contribution in [-0.4, -0.2) is 21.2 Å². The summed E-state index contributed by atoms with van der Waals surface area (Å²) in [5.41, 5.74) is 0.863. The Bertz CT molecular complexity index is 1010. The molecular formula is C18H17N3O3S2. The van der Waals surface area contributed by atoms with Gasteiger partial charge in [-0.05, 0) is 30.4 Å². The summed E-state index contributed by atoms with van der Waals surface area (Å²) in [6.07, 6.45) is 1.14. The SMILES string of the molecule is Cn1c(=NC(=O)CCCSc2ccccc2)sc2cc([N+](=O)[O-])ccc21. The number of benzene rings is 2. The van der Waals surface area contributed by atoms with Crippen LogP contribution in [0.3, 0.4) is 0 Å². The first-order valence-corrected chi connectivity index (χ1v) is 9.84. The summed E-state index contributed by atoms with van der Waals surface area (Å²) < 4.78 is 2.54. The van der Waals surface area contributed by atoms with Crippen molar-refractivity contribution in [2.45, 2.75) is 17.7 Å². The van der Waals surface area contributed by atoms with E-state index in [1.54, 1.807) is 22.4 Å². The van der Waals surface area contributed by atoms with E-state index in [-0.39, 0.29) is 11.6 Å². The second-order valence-corrected chi connectivity index (χ2v) is 7.80. The lowest BCUT2D eigenvalue weighted by molar-refractivity contribution is -0.384. The van der Waals surface area contributed by atoms with Gasteiger partial charge in [-0.25, -0.2) is 0 Å². The van der Waals surface area contributed by atoms with Crippen LogP contribution in [0.5, 0.6) is 0 Å². The number of nitro groups is 1. The van der Waals surface area contributed by atoms with Crippen LogP contribution in [0.1, 0.15) is 12.8 Å². The molecule has 1 heterocycles. The molecule has 1 amide bonds. The molecule has 0 fully saturated rings. The number of nitro benzene ring substituents is 1. The van der Waals surface area contributed by atoms with E-state index >= 15 is 0 Å². The van der Waals surface area contributed by atoms with Gasteiger partial charge in [0.05, 0.1) is 15.1 Å². The summed E-state index contributed by atoms with van der Waals surface area (Å²) in [5.74, 6) is 0.686. The van der Waals surface area contributed by atoms with Gasteiger partial charge in [-0.3, -0.25) is 14.9 Å². The molecule has 3 rings (SSSR count). The number of hydrogen-bond acceptors (Lipinski definition) is 5. The molecule has 1 aromatic heterocycles. The Morgan fingerprint density at radius 3 is 2.77 bits per heavy atom. The van der Waals surface area contributed by atoms with Gasteiger partial charge in [-0.1, -0.05) is 29.5 Å². The van der Waals surface area contributed by atoms with Crippen molar-refractivity contribution in [3.05, 3.63) is 63.4 Å². The number of carbonyl (C=O) groups is 1. The number of thioether (sulfide) groups is 1. The molecule has 0 saturated carbocycles. The van der Waals surface area contributed by atoms with Gasteiger partial charge in [0, 0.05) is 30.5 Å². The Labute approximate surface area is 158 Å². The number of carbonyl (C=O) groups excluding carboxylic acids is 1. The zero-order chi connectivity index (χ0) is 18.5. The number of non-ortho nitro benzene ring substituents is 1. The predicted octanol–water partition coefficient (Wildman–Crippen LogP) is 4.15. The van der Waals surface area contributed by atoms with Crippen LogP contribution in [0.2, 0.25) is 0 Å². The maximum absolute atomic E-state index is 12.1. The third-order valence-corrected chi connectivity index (χ3v) is 5.96. The molecule has 0 radical (unpaired) electrons. The number of fused-ring (bicyclic) bond motifs is 1. The quantitative estimate of drug-likeness (QED) is 0.275. The first-order valence-electron chi connectivity index (χ1n) is 8.04. The zero-order valence-electron chi connectivity index (χ0n) is 14.1. The summed E-state index contributed by atoms with van der Waals surface area (Å²) in [5, 5.41) is 10.9. The van der Waals surface area contributed by atoms with E-state index in [2.05, 4.69) is 4.99 Å². The molecule has 2 aromatic carbocycles. The van der Waals surface area contributed by atoms with Crippen molar-refractivity contribution in [2.75, 3.05) is 5.75 Å². The van der Waals surface area contributed by atoms with Crippen LogP contribution in [0.4, 0.5) is 5.69 Å². The summed E-state index contributed by atoms with van der Waals surface area (Å²) in [7, 11) is 1.81. The minimum atomic E-state index is -0.425. The third kappa shape index (κ3) is 4.39. The summed E-state index contributed by atoms with van der Waals surface area (Å²) in [6, 6.07) is 14.7. The van der Waals surface area contributed by atoms with Gasteiger partial charge in [-0.2, -0.15) is 4.99 Å². The van der Waals surface area contributed by atoms with Gasteiger partial charge in [0.1, 0.15) is 0 Å². The van der Waals surface area contributed by atoms with Crippen LogP contribution in [-0.2, 0) is 11.8 Å². The fourth-order valence-corrected chi connectivity index (χ4v) is 4.38. The lowest BCUT2D eigenvalue weighted by Crippen LogP contribution is -2.13. The Kier molecular flexibility index (Phi) is 5.85. The van der Waals surface area contributed by atoms with Gasteiger partial charge in [0.15, 0.2) is 4.80 Å². The molecule has 26 heavy (non-hydrogen) atoms. The largest absolute Gasteiger partial charge is 0.319 e. The van der Waals surface area contributed by atoms with Crippen LogP contribution >= 0.6 is 23.1 Å². The molecule has 0 aliphatic carbocycles. The minimum absolute atomic E-state index is 0.0372. The van der Waals surface area contributed by atoms with Crippen molar-refractivity contribution in [3.8, 4) is 0 Å². The normalized spacial score (nSPS) is 11.8. The second kappa shape index (κ2) is 8.29. The van der Waals surface area contributed by atoms with Gasteiger partial charge in [0.25, 0.3) is 5.69 Å². The highest BCUT2D eigenvalue weighted by Gasteiger charge is 2.10. The fourth-order valence-electron chi connectivity index (χ4n) is 2.44. The molecule has 8 heteroatoms. The Hall–Kier alpha value is -2.45. The lowest BCUT2D eigenvalue weighted by Gasteiger charge is -1.99. The van der Waals surface area contributed by atoms with E-state index in [1.807, 2.05) is 37.4 Å². The van der Waals surface area contributed by atoms with E-state index < -0.39 is 4.92 Å². The van der Waals surface area contributed by atoms with Crippen molar-refractivity contribution in [1.82, 2.24) is 4.57 Å². The lowest BCUT2D eigenvalue weighted by atomic mass is 10.3. The molecular weight excluding hydrogens is 370 g/mol. The number of amides is 1. The standard InChI is InChI=1S/C18H17N3O3S2/c1-20-15-10-9-13(21(23)24)12-16(15)26-18(20)19-17(22)8-5-11-25-14-6-3-2-4-7-14/h2-4,6-7,9-10,12H,5,8,11H2,1H3. The zero-order valence-corrected chi connectivity index (χ0v) is 15.8. The van der Waals surface area contributed by atoms with E-state index in [0.717, 1.165) is 22.4 Å². The van der Waals surface area contributed by atoms with Gasteiger partial charge in [0.2, 0.25) is 5.91 Å². The molecule has 134 valence electrons. The van der Waals surface area contributed by atoms with E-state index in [1.165, 1.54) is 28.4 Å². The van der Waals surface area contributed by atoms with Crippen molar-refractivity contribution in [3.63, 3.8) is 0 Å². The van der Waals surface area contributed by atoms with E-state index in [4.69, 9.17) is 0 Å². The highest BCUT2D eigenvalue weighted by molar-refractivity contribution is 7.99. The Morgan fingerprint density at radius 2 is 2.04 bits per heavy atom. The van der Waals surface area contributed by atoms with Crippen molar-refractivity contribution in [1.29, 1.82) is 0 Å². The predicted molar refractivity (Wildman–Crippen MR) is 104 cm³/mol. The number of thiazole rings is 1. The molecule has 0 bridgehead atoms. The fraction of sp³-hybridized carbons (Fsp3) is 0.222.